The lowest BCUT2D eigenvalue weighted by Crippen LogP contribution is -2.45. The van der Waals surface area contributed by atoms with E-state index in [2.05, 4.69) is 5.32 Å². The van der Waals surface area contributed by atoms with Crippen molar-refractivity contribution < 1.29 is 14.4 Å². The number of rotatable bonds is 4. The summed E-state index contributed by atoms with van der Waals surface area (Å²) in [5, 5.41) is 2.83. The van der Waals surface area contributed by atoms with E-state index in [0.29, 0.717) is 36.7 Å². The Morgan fingerprint density at radius 1 is 1.24 bits per heavy atom. The number of amides is 4. The molecule has 1 atom stereocenters. The second kappa shape index (κ2) is 7.55. The molecule has 3 rings (SSSR count). The maximum absolute atomic E-state index is 12.5. The average Bonchev–Trinajstić information content (AvgIpc) is 3.00. The van der Waals surface area contributed by atoms with Crippen LogP contribution in [0.3, 0.4) is 0 Å². The van der Waals surface area contributed by atoms with Crippen molar-refractivity contribution in [3.63, 3.8) is 0 Å². The number of benzene rings is 1. The summed E-state index contributed by atoms with van der Waals surface area (Å²) in [5.74, 6) is 0.0211. The van der Waals surface area contributed by atoms with E-state index in [-0.39, 0.29) is 11.9 Å². The third-order valence-corrected chi connectivity index (χ3v) is 4.85. The zero-order valence-corrected chi connectivity index (χ0v) is 14.2. The molecule has 7 heteroatoms. The van der Waals surface area contributed by atoms with Gasteiger partial charge in [-0.25, -0.2) is 4.79 Å². The summed E-state index contributed by atoms with van der Waals surface area (Å²) in [7, 11) is 0. The van der Waals surface area contributed by atoms with Gasteiger partial charge in [-0.1, -0.05) is 6.07 Å². The number of piperidine rings is 1. The number of likely N-dealkylation sites (tertiary alicyclic amines) is 2. The van der Waals surface area contributed by atoms with Gasteiger partial charge in [-0.15, -0.1) is 0 Å². The Labute approximate surface area is 147 Å². The van der Waals surface area contributed by atoms with Crippen molar-refractivity contribution in [1.82, 2.24) is 9.80 Å². The molecular formula is C18H24N4O3. The summed E-state index contributed by atoms with van der Waals surface area (Å²) in [4.78, 5) is 39.2. The Bertz CT molecular complexity index is 676. The zero-order chi connectivity index (χ0) is 17.8. The van der Waals surface area contributed by atoms with Gasteiger partial charge < -0.3 is 20.9 Å². The van der Waals surface area contributed by atoms with Gasteiger partial charge in [0.1, 0.15) is 0 Å². The van der Waals surface area contributed by atoms with Crippen LogP contribution in [0.15, 0.2) is 24.3 Å². The Hall–Kier alpha value is -2.57. The summed E-state index contributed by atoms with van der Waals surface area (Å²) in [5.41, 5.74) is 6.19. The van der Waals surface area contributed by atoms with Crippen LogP contribution in [-0.4, -0.2) is 53.8 Å². The standard InChI is InChI=1S/C18H24N4O3/c19-17(24)14-5-1-6-15(10-14)20-18(25)22-9-2-4-13(12-22)11-21-8-3-7-16(21)23/h1,5-6,10,13H,2-4,7-9,11-12H2,(H2,19,24)(H,20,25). The maximum Gasteiger partial charge on any atom is 0.321 e. The SMILES string of the molecule is NC(=O)c1cccc(NC(=O)N2CCCC(CN3CCCC3=O)C2)c1. The Morgan fingerprint density at radius 3 is 2.80 bits per heavy atom. The van der Waals surface area contributed by atoms with Crippen molar-refractivity contribution in [3.05, 3.63) is 29.8 Å². The van der Waals surface area contributed by atoms with E-state index in [9.17, 15) is 14.4 Å². The van der Waals surface area contributed by atoms with Gasteiger partial charge in [0.2, 0.25) is 11.8 Å². The zero-order valence-electron chi connectivity index (χ0n) is 14.2. The number of carbonyl (C=O) groups is 3. The van der Waals surface area contributed by atoms with Crippen LogP contribution in [0.25, 0.3) is 0 Å². The molecule has 2 saturated heterocycles. The fourth-order valence-electron chi connectivity index (χ4n) is 3.56. The minimum atomic E-state index is -0.524. The van der Waals surface area contributed by atoms with Crippen molar-refractivity contribution in [2.75, 3.05) is 31.5 Å². The molecular weight excluding hydrogens is 320 g/mol. The first-order valence-corrected chi connectivity index (χ1v) is 8.76. The van der Waals surface area contributed by atoms with Gasteiger partial charge >= 0.3 is 6.03 Å². The Balaban J connectivity index is 1.57. The van der Waals surface area contributed by atoms with E-state index >= 15 is 0 Å². The molecule has 0 aliphatic carbocycles. The maximum atomic E-state index is 12.5. The van der Waals surface area contributed by atoms with Crippen LogP contribution in [0.1, 0.15) is 36.0 Å². The second-order valence-electron chi connectivity index (χ2n) is 6.77. The highest BCUT2D eigenvalue weighted by atomic mass is 16.2. The van der Waals surface area contributed by atoms with E-state index in [0.717, 1.165) is 32.4 Å². The molecule has 2 aliphatic heterocycles. The van der Waals surface area contributed by atoms with Crippen LogP contribution >= 0.6 is 0 Å². The van der Waals surface area contributed by atoms with Gasteiger partial charge in [-0.3, -0.25) is 9.59 Å². The summed E-state index contributed by atoms with van der Waals surface area (Å²) in [6.07, 6.45) is 3.55. The first kappa shape index (κ1) is 17.3. The predicted octanol–water partition coefficient (Wildman–Crippen LogP) is 1.65. The van der Waals surface area contributed by atoms with Crippen molar-refractivity contribution >= 4 is 23.5 Å². The number of urea groups is 1. The minimum absolute atomic E-state index is 0.181. The third kappa shape index (κ3) is 4.29. The monoisotopic (exact) mass is 344 g/mol. The van der Waals surface area contributed by atoms with Gasteiger partial charge in [-0.05, 0) is 43.4 Å². The second-order valence-corrected chi connectivity index (χ2v) is 6.77. The fourth-order valence-corrected chi connectivity index (χ4v) is 3.56. The lowest BCUT2D eigenvalue weighted by Gasteiger charge is -2.34. The predicted molar refractivity (Wildman–Crippen MR) is 94.1 cm³/mol. The lowest BCUT2D eigenvalue weighted by atomic mass is 9.97. The quantitative estimate of drug-likeness (QED) is 0.869. The molecule has 4 amide bonds. The number of nitrogens with one attached hydrogen (secondary N) is 1. The fraction of sp³-hybridized carbons (Fsp3) is 0.500. The van der Waals surface area contributed by atoms with Gasteiger partial charge in [0, 0.05) is 43.9 Å². The largest absolute Gasteiger partial charge is 0.366 e. The molecule has 1 aromatic rings. The number of hydrogen-bond donors (Lipinski definition) is 2. The van der Waals surface area contributed by atoms with E-state index in [1.165, 1.54) is 0 Å². The van der Waals surface area contributed by atoms with E-state index < -0.39 is 5.91 Å². The molecule has 25 heavy (non-hydrogen) atoms. The molecule has 0 aromatic heterocycles. The molecule has 1 aromatic carbocycles. The number of nitrogens with two attached hydrogens (primary N) is 1. The summed E-state index contributed by atoms with van der Waals surface area (Å²) in [6, 6.07) is 6.42. The molecule has 0 radical (unpaired) electrons. The summed E-state index contributed by atoms with van der Waals surface area (Å²) >= 11 is 0. The van der Waals surface area contributed by atoms with E-state index in [1.54, 1.807) is 29.2 Å². The van der Waals surface area contributed by atoms with Crippen molar-refractivity contribution in [2.45, 2.75) is 25.7 Å². The Kier molecular flexibility index (Phi) is 5.21. The van der Waals surface area contributed by atoms with Crippen LogP contribution < -0.4 is 11.1 Å². The van der Waals surface area contributed by atoms with Crippen molar-refractivity contribution in [3.8, 4) is 0 Å². The van der Waals surface area contributed by atoms with Crippen LogP contribution in [-0.2, 0) is 4.79 Å². The highest BCUT2D eigenvalue weighted by Gasteiger charge is 2.28. The third-order valence-electron chi connectivity index (χ3n) is 4.85. The normalized spacial score (nSPS) is 20.6. The van der Waals surface area contributed by atoms with E-state index in [4.69, 9.17) is 5.73 Å². The van der Waals surface area contributed by atoms with Crippen LogP contribution in [0.4, 0.5) is 10.5 Å². The topological polar surface area (TPSA) is 95.7 Å². The van der Waals surface area contributed by atoms with Gasteiger partial charge in [0.15, 0.2) is 0 Å². The molecule has 2 aliphatic rings. The smallest absolute Gasteiger partial charge is 0.321 e. The van der Waals surface area contributed by atoms with Gasteiger partial charge in [-0.2, -0.15) is 0 Å². The number of hydrogen-bond acceptors (Lipinski definition) is 3. The molecule has 0 bridgehead atoms. The average molecular weight is 344 g/mol. The highest BCUT2D eigenvalue weighted by molar-refractivity contribution is 5.95. The van der Waals surface area contributed by atoms with Gasteiger partial charge in [0.05, 0.1) is 0 Å². The first-order chi connectivity index (χ1) is 12.0. The van der Waals surface area contributed by atoms with Crippen LogP contribution in [0, 0.1) is 5.92 Å². The van der Waals surface area contributed by atoms with Crippen molar-refractivity contribution in [1.29, 1.82) is 0 Å². The first-order valence-electron chi connectivity index (χ1n) is 8.76. The molecule has 1 unspecified atom stereocenters. The summed E-state index contributed by atoms with van der Waals surface area (Å²) in [6.45, 7) is 2.91. The Morgan fingerprint density at radius 2 is 2.08 bits per heavy atom. The molecule has 0 saturated carbocycles. The lowest BCUT2D eigenvalue weighted by molar-refractivity contribution is -0.128. The molecule has 2 heterocycles. The van der Waals surface area contributed by atoms with Crippen LogP contribution in [0.5, 0.6) is 0 Å². The van der Waals surface area contributed by atoms with Crippen LogP contribution in [0.2, 0.25) is 0 Å². The number of anilines is 1. The van der Waals surface area contributed by atoms with Gasteiger partial charge in [0.25, 0.3) is 0 Å². The minimum Gasteiger partial charge on any atom is -0.366 e. The number of carbonyl (C=O) groups excluding carboxylic acids is 3. The highest BCUT2D eigenvalue weighted by Crippen LogP contribution is 2.21. The summed E-state index contributed by atoms with van der Waals surface area (Å²) < 4.78 is 0. The number of nitrogens with zero attached hydrogens (tertiary/aromatic N) is 2. The molecule has 2 fully saturated rings. The van der Waals surface area contributed by atoms with E-state index in [1.807, 2.05) is 4.90 Å². The molecule has 134 valence electrons. The molecule has 7 nitrogen and oxygen atoms in total. The molecule has 3 N–H and O–H groups in total. The van der Waals surface area contributed by atoms with Crippen molar-refractivity contribution in [2.24, 2.45) is 11.7 Å². The number of primary amides is 1. The molecule has 0 spiro atoms.